The van der Waals surface area contributed by atoms with Gasteiger partial charge in [0.25, 0.3) is 0 Å². The number of rotatable bonds is 38. The number of aliphatic carboxylic acids is 1. The number of esters is 1. The molecule has 0 aliphatic carbocycles. The van der Waals surface area contributed by atoms with E-state index in [0.717, 1.165) is 64.2 Å². The van der Waals surface area contributed by atoms with Crippen molar-refractivity contribution in [2.75, 3.05) is 26.4 Å². The maximum atomic E-state index is 12.6. The van der Waals surface area contributed by atoms with Crippen molar-refractivity contribution in [1.29, 1.82) is 0 Å². The van der Waals surface area contributed by atoms with Crippen LogP contribution in [0, 0.1) is 0 Å². The molecule has 0 aliphatic rings. The lowest BCUT2D eigenvalue weighted by molar-refractivity contribution is -0.154. The van der Waals surface area contributed by atoms with Gasteiger partial charge in [0.1, 0.15) is 12.1 Å². The van der Waals surface area contributed by atoms with Gasteiger partial charge in [0.05, 0.1) is 19.8 Å². The minimum Gasteiger partial charge on any atom is -0.480 e. The van der Waals surface area contributed by atoms with Crippen LogP contribution in [0.2, 0.25) is 0 Å². The summed E-state index contributed by atoms with van der Waals surface area (Å²) in [7, 11) is -4.62. The molecule has 0 aliphatic heterocycles. The predicted molar refractivity (Wildman–Crippen MR) is 208 cm³/mol. The third-order valence-electron chi connectivity index (χ3n) is 8.39. The zero-order chi connectivity index (χ0) is 37.7. The molecule has 11 heteroatoms. The Kier molecular flexibility index (Phi) is 35.2. The summed E-state index contributed by atoms with van der Waals surface area (Å²) in [6, 6.07) is -1.48. The summed E-state index contributed by atoms with van der Waals surface area (Å²) in [5, 5.41) is 8.87. The van der Waals surface area contributed by atoms with Crippen LogP contribution in [0.1, 0.15) is 168 Å². The average molecular weight is 744 g/mol. The summed E-state index contributed by atoms with van der Waals surface area (Å²) in [5.41, 5.74) is 5.34. The van der Waals surface area contributed by atoms with Crippen molar-refractivity contribution in [2.24, 2.45) is 5.73 Å². The van der Waals surface area contributed by atoms with Gasteiger partial charge in [0.15, 0.2) is 0 Å². The number of phosphoric acid groups is 1. The Labute approximate surface area is 310 Å². The van der Waals surface area contributed by atoms with Gasteiger partial charge in [-0.05, 0) is 70.6 Å². The number of hydrogen-bond donors (Lipinski definition) is 3. The van der Waals surface area contributed by atoms with Crippen molar-refractivity contribution in [3.05, 3.63) is 36.5 Å². The number of carboxylic acid groups (broad SMARTS) is 1. The summed E-state index contributed by atoms with van der Waals surface area (Å²) in [5.74, 6) is -1.80. The Hall–Kier alpha value is -1.81. The first-order valence-electron chi connectivity index (χ1n) is 20.0. The molecule has 0 aromatic rings. The second-order valence-corrected chi connectivity index (χ2v) is 14.9. The number of carbonyl (C=O) groups is 2. The second kappa shape index (κ2) is 36.5. The number of nitrogens with two attached hydrogens (primary N) is 1. The molecule has 4 N–H and O–H groups in total. The highest BCUT2D eigenvalue weighted by Gasteiger charge is 2.27. The third kappa shape index (κ3) is 36.3. The van der Waals surface area contributed by atoms with E-state index in [1.165, 1.54) is 77.0 Å². The van der Waals surface area contributed by atoms with E-state index in [-0.39, 0.29) is 13.0 Å². The van der Waals surface area contributed by atoms with Gasteiger partial charge in [-0.2, -0.15) is 0 Å². The molecule has 0 saturated carbocycles. The molecule has 0 fully saturated rings. The second-order valence-electron chi connectivity index (χ2n) is 13.4. The monoisotopic (exact) mass is 744 g/mol. The summed E-state index contributed by atoms with van der Waals surface area (Å²) in [6.45, 7) is 3.80. The maximum absolute atomic E-state index is 12.6. The van der Waals surface area contributed by atoms with Gasteiger partial charge in [-0.1, -0.05) is 127 Å². The Morgan fingerprint density at radius 3 is 1.65 bits per heavy atom. The first-order chi connectivity index (χ1) is 24.7. The van der Waals surface area contributed by atoms with E-state index in [9.17, 15) is 19.0 Å². The van der Waals surface area contributed by atoms with E-state index < -0.39 is 45.1 Å². The van der Waals surface area contributed by atoms with E-state index in [0.29, 0.717) is 13.0 Å². The van der Waals surface area contributed by atoms with Crippen LogP contribution in [-0.4, -0.2) is 60.5 Å². The van der Waals surface area contributed by atoms with Gasteiger partial charge in [-0.25, -0.2) is 4.57 Å². The summed E-state index contributed by atoms with van der Waals surface area (Å²) < 4.78 is 33.2. The first kappa shape index (κ1) is 49.2. The summed E-state index contributed by atoms with van der Waals surface area (Å²) in [4.78, 5) is 33.4. The van der Waals surface area contributed by atoms with E-state index >= 15 is 0 Å². The van der Waals surface area contributed by atoms with Crippen molar-refractivity contribution in [2.45, 2.75) is 180 Å². The molecule has 0 heterocycles. The van der Waals surface area contributed by atoms with Crippen LogP contribution in [0.5, 0.6) is 0 Å². The fourth-order valence-electron chi connectivity index (χ4n) is 5.21. The molecule has 298 valence electrons. The molecular weight excluding hydrogens is 669 g/mol. The van der Waals surface area contributed by atoms with Gasteiger partial charge < -0.3 is 25.2 Å². The molecule has 0 spiro atoms. The average Bonchev–Trinajstić information content (AvgIpc) is 3.10. The Morgan fingerprint density at radius 2 is 1.08 bits per heavy atom. The predicted octanol–water partition coefficient (Wildman–Crippen LogP) is 10.5. The number of phosphoric ester groups is 1. The summed E-state index contributed by atoms with van der Waals surface area (Å²) in [6.07, 6.45) is 39.0. The smallest absolute Gasteiger partial charge is 0.472 e. The molecule has 0 aromatic carbocycles. The molecule has 0 saturated heterocycles. The van der Waals surface area contributed by atoms with Crippen molar-refractivity contribution in [3.63, 3.8) is 0 Å². The number of allylic oxidation sites excluding steroid dienone is 6. The van der Waals surface area contributed by atoms with Crippen LogP contribution in [0.4, 0.5) is 0 Å². The molecule has 51 heavy (non-hydrogen) atoms. The van der Waals surface area contributed by atoms with Gasteiger partial charge in [-0.3, -0.25) is 18.6 Å². The van der Waals surface area contributed by atoms with Crippen LogP contribution in [0.3, 0.4) is 0 Å². The number of carboxylic acids is 1. The van der Waals surface area contributed by atoms with Crippen molar-refractivity contribution in [1.82, 2.24) is 0 Å². The van der Waals surface area contributed by atoms with Gasteiger partial charge >= 0.3 is 19.8 Å². The van der Waals surface area contributed by atoms with Crippen LogP contribution < -0.4 is 5.73 Å². The lowest BCUT2D eigenvalue weighted by Gasteiger charge is -2.20. The van der Waals surface area contributed by atoms with Crippen LogP contribution in [-0.2, 0) is 32.7 Å². The minimum atomic E-state index is -4.62. The van der Waals surface area contributed by atoms with Crippen molar-refractivity contribution in [3.8, 4) is 0 Å². The van der Waals surface area contributed by atoms with Gasteiger partial charge in [0.2, 0.25) is 0 Å². The highest BCUT2D eigenvalue weighted by Crippen LogP contribution is 2.43. The molecule has 0 aromatic heterocycles. The lowest BCUT2D eigenvalue weighted by atomic mass is 10.1. The van der Waals surface area contributed by atoms with Crippen LogP contribution >= 0.6 is 7.82 Å². The van der Waals surface area contributed by atoms with Crippen LogP contribution in [0.15, 0.2) is 36.5 Å². The van der Waals surface area contributed by atoms with Gasteiger partial charge in [0, 0.05) is 13.0 Å². The highest BCUT2D eigenvalue weighted by atomic mass is 31.2. The molecule has 0 bridgehead atoms. The van der Waals surface area contributed by atoms with Crippen LogP contribution in [0.25, 0.3) is 0 Å². The highest BCUT2D eigenvalue weighted by molar-refractivity contribution is 7.47. The first-order valence-corrected chi connectivity index (χ1v) is 21.5. The quantitative estimate of drug-likeness (QED) is 0.0241. The fraction of sp³-hybridized carbons (Fsp3) is 0.800. The zero-order valence-corrected chi connectivity index (χ0v) is 33.1. The Morgan fingerprint density at radius 1 is 0.627 bits per heavy atom. The summed E-state index contributed by atoms with van der Waals surface area (Å²) >= 11 is 0. The van der Waals surface area contributed by atoms with Gasteiger partial charge in [-0.15, -0.1) is 0 Å². The SMILES string of the molecule is CCCCC/C=C\C/C=C\CCCCCCCC(=O)OC(COCCCCCCCC/C=C\CCCCCC)COP(=O)(O)OCC(N)C(=O)O. The normalized spacial score (nSPS) is 14.4. The van der Waals surface area contributed by atoms with E-state index in [1.54, 1.807) is 0 Å². The molecule has 3 atom stereocenters. The lowest BCUT2D eigenvalue weighted by Crippen LogP contribution is -2.34. The molecule has 0 radical (unpaired) electrons. The molecular formula is C40H74NO9P. The minimum absolute atomic E-state index is 0.00727. The third-order valence-corrected chi connectivity index (χ3v) is 9.34. The van der Waals surface area contributed by atoms with E-state index in [1.807, 2.05) is 0 Å². The van der Waals surface area contributed by atoms with Crippen molar-refractivity contribution >= 4 is 19.8 Å². The van der Waals surface area contributed by atoms with E-state index in [4.69, 9.17) is 29.4 Å². The topological polar surface area (TPSA) is 155 Å². The molecule has 0 amide bonds. The number of carbonyl (C=O) groups excluding carboxylic acids is 1. The van der Waals surface area contributed by atoms with E-state index in [2.05, 4.69) is 50.3 Å². The van der Waals surface area contributed by atoms with Crippen molar-refractivity contribution < 1.29 is 42.7 Å². The molecule has 0 rings (SSSR count). The number of hydrogen-bond acceptors (Lipinski definition) is 8. The molecule has 10 nitrogen and oxygen atoms in total. The number of ether oxygens (including phenoxy) is 2. The fourth-order valence-corrected chi connectivity index (χ4v) is 5.99. The number of unbranched alkanes of at least 4 members (excludes halogenated alkanes) is 18. The molecule has 3 unspecified atom stereocenters. The maximum Gasteiger partial charge on any atom is 0.472 e. The zero-order valence-electron chi connectivity index (χ0n) is 32.2. The standard InChI is InChI=1S/C40H74NO9P/c1-3-5-7-9-11-13-15-17-19-20-22-24-26-28-30-32-39(42)50-37(35-48-51(45,46)49-36-38(41)40(43)44)34-47-33-31-29-27-25-23-21-18-16-14-12-10-8-6-4-2/h11,13-14,16-17,19,37-38H,3-10,12,15,18,20-36,41H2,1-2H3,(H,43,44)(H,45,46)/b13-11-,16-14-,19-17-. The Bertz CT molecular complexity index is 956. The largest absolute Gasteiger partial charge is 0.480 e. The Balaban J connectivity index is 4.33.